The molecule has 0 amide bonds. The number of ether oxygens (including phenoxy) is 2. The molecule has 0 radical (unpaired) electrons. The zero-order chi connectivity index (χ0) is 18.7. The van der Waals surface area contributed by atoms with E-state index in [2.05, 4.69) is 29.0 Å². The van der Waals surface area contributed by atoms with Crippen LogP contribution in [0.2, 0.25) is 0 Å². The Bertz CT molecular complexity index is 983. The first-order valence-electron chi connectivity index (χ1n) is 8.24. The Morgan fingerprint density at radius 3 is 2.50 bits per heavy atom. The van der Waals surface area contributed by atoms with Crippen LogP contribution in [0.1, 0.15) is 11.1 Å². The highest BCUT2D eigenvalue weighted by Crippen LogP contribution is 2.23. The Kier molecular flexibility index (Phi) is 5.64. The van der Waals surface area contributed by atoms with Gasteiger partial charge in [-0.15, -0.1) is 0 Å². The van der Waals surface area contributed by atoms with Crippen LogP contribution in [0.25, 0.3) is 11.0 Å². The van der Waals surface area contributed by atoms with E-state index in [0.717, 1.165) is 33.3 Å². The Morgan fingerprint density at radius 1 is 1.00 bits per heavy atom. The molecule has 3 rings (SSSR count). The van der Waals surface area contributed by atoms with Crippen LogP contribution in [0.4, 0.5) is 0 Å². The standard InChI is InChI=1S/C20H20BrNO4/c1-22(12-14-8-15(21)4-7-18(14)25-3)11-13-9-20(23)26-19-10-16(24-2)5-6-17(13)19/h4-10H,11-12H2,1-3H3/p+1. The van der Waals surface area contributed by atoms with Crippen molar-refractivity contribution in [2.24, 2.45) is 0 Å². The lowest BCUT2D eigenvalue weighted by atomic mass is 10.1. The summed E-state index contributed by atoms with van der Waals surface area (Å²) in [6, 6.07) is 13.1. The maximum absolute atomic E-state index is 11.9. The number of fused-ring (bicyclic) bond motifs is 1. The van der Waals surface area contributed by atoms with Crippen molar-refractivity contribution in [3.63, 3.8) is 0 Å². The monoisotopic (exact) mass is 418 g/mol. The SMILES string of the molecule is COc1ccc2c(C[NH+](C)Cc3cc(Br)ccc3OC)cc(=O)oc2c1. The predicted molar refractivity (Wildman–Crippen MR) is 104 cm³/mol. The molecule has 5 nitrogen and oxygen atoms in total. The number of benzene rings is 2. The molecule has 0 aliphatic heterocycles. The minimum Gasteiger partial charge on any atom is -0.497 e. The fraction of sp³-hybridized carbons (Fsp3) is 0.250. The molecule has 0 spiro atoms. The molecule has 0 aliphatic rings. The Balaban J connectivity index is 1.89. The van der Waals surface area contributed by atoms with Crippen LogP contribution in [0, 0.1) is 0 Å². The minimum absolute atomic E-state index is 0.353. The van der Waals surface area contributed by atoms with E-state index in [4.69, 9.17) is 13.9 Å². The second kappa shape index (κ2) is 7.93. The van der Waals surface area contributed by atoms with Crippen molar-refractivity contribution in [2.45, 2.75) is 13.1 Å². The molecule has 136 valence electrons. The van der Waals surface area contributed by atoms with Crippen LogP contribution in [-0.2, 0) is 13.1 Å². The summed E-state index contributed by atoms with van der Waals surface area (Å²) < 4.78 is 17.0. The molecular formula is C20H21BrNO4+. The molecule has 0 saturated carbocycles. The minimum atomic E-state index is -0.353. The second-order valence-electron chi connectivity index (χ2n) is 6.22. The van der Waals surface area contributed by atoms with Crippen molar-refractivity contribution in [3.8, 4) is 11.5 Å². The largest absolute Gasteiger partial charge is 0.497 e. The molecule has 0 aliphatic carbocycles. The van der Waals surface area contributed by atoms with E-state index in [-0.39, 0.29) is 5.63 Å². The van der Waals surface area contributed by atoms with Crippen LogP contribution in [-0.4, -0.2) is 21.3 Å². The van der Waals surface area contributed by atoms with E-state index < -0.39 is 0 Å². The summed E-state index contributed by atoms with van der Waals surface area (Å²) in [7, 11) is 5.35. The van der Waals surface area contributed by atoms with Crippen molar-refractivity contribution in [1.82, 2.24) is 0 Å². The maximum atomic E-state index is 11.9. The van der Waals surface area contributed by atoms with Gasteiger partial charge in [0.2, 0.25) is 0 Å². The third-order valence-corrected chi connectivity index (χ3v) is 4.76. The van der Waals surface area contributed by atoms with Crippen LogP contribution in [0.5, 0.6) is 11.5 Å². The van der Waals surface area contributed by atoms with Gasteiger partial charge < -0.3 is 18.8 Å². The van der Waals surface area contributed by atoms with E-state index in [1.54, 1.807) is 26.4 Å². The summed E-state index contributed by atoms with van der Waals surface area (Å²) in [6.45, 7) is 1.45. The van der Waals surface area contributed by atoms with Crippen molar-refractivity contribution in [3.05, 3.63) is 68.5 Å². The highest BCUT2D eigenvalue weighted by molar-refractivity contribution is 9.10. The summed E-state index contributed by atoms with van der Waals surface area (Å²) in [5, 5.41) is 0.922. The molecule has 0 bridgehead atoms. The van der Waals surface area contributed by atoms with Gasteiger partial charge in [0.05, 0.1) is 21.3 Å². The van der Waals surface area contributed by atoms with Crippen LogP contribution in [0.15, 0.2) is 56.1 Å². The first kappa shape index (κ1) is 18.5. The van der Waals surface area contributed by atoms with Gasteiger partial charge in [-0.25, -0.2) is 4.79 Å². The molecule has 26 heavy (non-hydrogen) atoms. The van der Waals surface area contributed by atoms with Gasteiger partial charge in [0, 0.05) is 33.1 Å². The molecule has 1 heterocycles. The molecule has 0 saturated heterocycles. The molecule has 1 N–H and O–H groups in total. The first-order valence-corrected chi connectivity index (χ1v) is 9.04. The normalized spacial score (nSPS) is 12.2. The van der Waals surface area contributed by atoms with Gasteiger partial charge in [0.1, 0.15) is 30.2 Å². The topological polar surface area (TPSA) is 53.1 Å². The zero-order valence-electron chi connectivity index (χ0n) is 15.0. The third kappa shape index (κ3) is 4.08. The number of hydrogen-bond acceptors (Lipinski definition) is 4. The van der Waals surface area contributed by atoms with Crippen molar-refractivity contribution in [2.75, 3.05) is 21.3 Å². The molecule has 1 unspecified atom stereocenters. The third-order valence-electron chi connectivity index (χ3n) is 4.26. The molecular weight excluding hydrogens is 398 g/mol. The average molecular weight is 419 g/mol. The summed E-state index contributed by atoms with van der Waals surface area (Å²) in [5.74, 6) is 1.52. The van der Waals surface area contributed by atoms with Crippen molar-refractivity contribution >= 4 is 26.9 Å². The zero-order valence-corrected chi connectivity index (χ0v) is 16.6. The number of halogens is 1. The molecule has 0 fully saturated rings. The highest BCUT2D eigenvalue weighted by atomic mass is 79.9. The number of methoxy groups -OCH3 is 2. The smallest absolute Gasteiger partial charge is 0.336 e. The summed E-state index contributed by atoms with van der Waals surface area (Å²) in [4.78, 5) is 13.2. The fourth-order valence-electron chi connectivity index (χ4n) is 3.08. The van der Waals surface area contributed by atoms with Gasteiger partial charge in [-0.05, 0) is 30.3 Å². The lowest BCUT2D eigenvalue weighted by Crippen LogP contribution is -3.06. The number of quaternary nitrogens is 1. The van der Waals surface area contributed by atoms with Gasteiger partial charge in [0.15, 0.2) is 0 Å². The fourth-order valence-corrected chi connectivity index (χ4v) is 3.49. The maximum Gasteiger partial charge on any atom is 0.336 e. The Hall–Kier alpha value is -2.31. The van der Waals surface area contributed by atoms with Crippen LogP contribution >= 0.6 is 15.9 Å². The second-order valence-corrected chi connectivity index (χ2v) is 7.14. The lowest BCUT2D eigenvalue weighted by Gasteiger charge is -2.17. The van der Waals surface area contributed by atoms with E-state index in [1.807, 2.05) is 24.3 Å². The summed E-state index contributed by atoms with van der Waals surface area (Å²) in [5.41, 5.74) is 2.24. The number of rotatable bonds is 6. The molecule has 1 aromatic heterocycles. The molecule has 3 aromatic rings. The Labute approximate surface area is 160 Å². The van der Waals surface area contributed by atoms with Gasteiger partial charge >= 0.3 is 5.63 Å². The average Bonchev–Trinajstić information content (AvgIpc) is 2.61. The van der Waals surface area contributed by atoms with Crippen molar-refractivity contribution in [1.29, 1.82) is 0 Å². The Morgan fingerprint density at radius 2 is 1.77 bits per heavy atom. The molecule has 1 atom stereocenters. The lowest BCUT2D eigenvalue weighted by molar-refractivity contribution is -0.907. The van der Waals surface area contributed by atoms with E-state index in [1.165, 1.54) is 4.90 Å². The molecule has 6 heteroatoms. The van der Waals surface area contributed by atoms with Crippen LogP contribution in [0.3, 0.4) is 0 Å². The van der Waals surface area contributed by atoms with Gasteiger partial charge in [-0.2, -0.15) is 0 Å². The van der Waals surface area contributed by atoms with E-state index in [0.29, 0.717) is 17.9 Å². The highest BCUT2D eigenvalue weighted by Gasteiger charge is 2.14. The van der Waals surface area contributed by atoms with Crippen molar-refractivity contribution < 1.29 is 18.8 Å². The van der Waals surface area contributed by atoms with E-state index in [9.17, 15) is 4.79 Å². The van der Waals surface area contributed by atoms with Gasteiger partial charge in [0.25, 0.3) is 0 Å². The summed E-state index contributed by atoms with van der Waals surface area (Å²) >= 11 is 3.51. The number of hydrogen-bond donors (Lipinski definition) is 1. The predicted octanol–water partition coefficient (Wildman–Crippen LogP) is 2.79. The summed E-state index contributed by atoms with van der Waals surface area (Å²) in [6.07, 6.45) is 0. The van der Waals surface area contributed by atoms with Gasteiger partial charge in [-0.1, -0.05) is 15.9 Å². The quantitative estimate of drug-likeness (QED) is 0.625. The van der Waals surface area contributed by atoms with E-state index >= 15 is 0 Å². The van der Waals surface area contributed by atoms with Crippen LogP contribution < -0.4 is 20.0 Å². The van der Waals surface area contributed by atoms with Gasteiger partial charge in [-0.3, -0.25) is 0 Å². The molecule has 2 aromatic carbocycles. The first-order chi connectivity index (χ1) is 12.5. The number of nitrogens with one attached hydrogen (secondary N) is 1.